The Morgan fingerprint density at radius 1 is 1.19 bits per heavy atom. The van der Waals surface area contributed by atoms with Crippen molar-refractivity contribution in [3.8, 4) is 0 Å². The van der Waals surface area contributed by atoms with Gasteiger partial charge in [-0.1, -0.05) is 44.4 Å². The van der Waals surface area contributed by atoms with Crippen molar-refractivity contribution < 1.29 is 9.59 Å². The first-order valence-electron chi connectivity index (χ1n) is 10.2. The van der Waals surface area contributed by atoms with Crippen molar-refractivity contribution >= 4 is 11.8 Å². The smallest absolute Gasteiger partial charge is 0.254 e. The fraction of sp³-hybridized carbons (Fsp3) is 0.636. The highest BCUT2D eigenvalue weighted by Crippen LogP contribution is 2.50. The molecular weight excluding hydrogens is 324 g/mol. The van der Waals surface area contributed by atoms with E-state index in [9.17, 15) is 9.59 Å². The number of hydrogen-bond donors (Lipinski definition) is 1. The van der Waals surface area contributed by atoms with Crippen molar-refractivity contribution in [3.63, 3.8) is 0 Å². The van der Waals surface area contributed by atoms with Crippen LogP contribution in [0.3, 0.4) is 0 Å². The first-order valence-corrected chi connectivity index (χ1v) is 10.2. The SMILES string of the molecule is CC[C@@H](C)N1C(=O)c2ccccc2[C@@H](C(=O)NC(C)C)C12CCCCC2. The van der Waals surface area contributed by atoms with Gasteiger partial charge in [0.2, 0.25) is 5.91 Å². The van der Waals surface area contributed by atoms with Gasteiger partial charge in [0.1, 0.15) is 0 Å². The van der Waals surface area contributed by atoms with Crippen LogP contribution in [-0.4, -0.2) is 34.3 Å². The lowest BCUT2D eigenvalue weighted by atomic mass is 9.64. The maximum Gasteiger partial charge on any atom is 0.254 e. The Morgan fingerprint density at radius 2 is 1.85 bits per heavy atom. The van der Waals surface area contributed by atoms with Gasteiger partial charge in [-0.2, -0.15) is 0 Å². The molecule has 1 aromatic carbocycles. The summed E-state index contributed by atoms with van der Waals surface area (Å²) in [7, 11) is 0. The molecule has 1 saturated carbocycles. The molecule has 1 N–H and O–H groups in total. The third-order valence-corrected chi connectivity index (χ3v) is 6.18. The van der Waals surface area contributed by atoms with Gasteiger partial charge in [-0.3, -0.25) is 9.59 Å². The average Bonchev–Trinajstić information content (AvgIpc) is 2.61. The van der Waals surface area contributed by atoms with E-state index in [4.69, 9.17) is 0 Å². The Kier molecular flexibility index (Phi) is 5.40. The fourth-order valence-corrected chi connectivity index (χ4v) is 4.97. The van der Waals surface area contributed by atoms with Crippen LogP contribution in [-0.2, 0) is 4.79 Å². The normalized spacial score (nSPS) is 23.0. The van der Waals surface area contributed by atoms with Gasteiger partial charge in [0.25, 0.3) is 5.91 Å². The summed E-state index contributed by atoms with van der Waals surface area (Å²) < 4.78 is 0. The van der Waals surface area contributed by atoms with Crippen LogP contribution in [0.15, 0.2) is 24.3 Å². The third-order valence-electron chi connectivity index (χ3n) is 6.18. The van der Waals surface area contributed by atoms with Gasteiger partial charge in [-0.15, -0.1) is 0 Å². The van der Waals surface area contributed by atoms with Gasteiger partial charge in [0.15, 0.2) is 0 Å². The maximum absolute atomic E-state index is 13.5. The van der Waals surface area contributed by atoms with Crippen molar-refractivity contribution in [1.82, 2.24) is 10.2 Å². The summed E-state index contributed by atoms with van der Waals surface area (Å²) in [6, 6.07) is 7.95. The van der Waals surface area contributed by atoms with E-state index in [0.717, 1.165) is 37.7 Å². The molecule has 1 aromatic rings. The number of carbonyl (C=O) groups excluding carboxylic acids is 2. The van der Waals surface area contributed by atoms with E-state index in [-0.39, 0.29) is 29.8 Å². The third kappa shape index (κ3) is 3.04. The summed E-state index contributed by atoms with van der Waals surface area (Å²) in [5.74, 6) is -0.117. The summed E-state index contributed by atoms with van der Waals surface area (Å²) in [5, 5.41) is 3.14. The first kappa shape index (κ1) is 18.9. The quantitative estimate of drug-likeness (QED) is 0.877. The van der Waals surface area contributed by atoms with Gasteiger partial charge < -0.3 is 10.2 Å². The van der Waals surface area contributed by atoms with Crippen LogP contribution >= 0.6 is 0 Å². The lowest BCUT2D eigenvalue weighted by Gasteiger charge is -2.55. The molecule has 2 amide bonds. The Labute approximate surface area is 157 Å². The maximum atomic E-state index is 13.5. The largest absolute Gasteiger partial charge is 0.353 e. The molecule has 3 rings (SSSR count). The van der Waals surface area contributed by atoms with E-state index < -0.39 is 5.54 Å². The first-order chi connectivity index (χ1) is 12.4. The Bertz CT molecular complexity index is 676. The van der Waals surface area contributed by atoms with Crippen molar-refractivity contribution in [3.05, 3.63) is 35.4 Å². The highest BCUT2D eigenvalue weighted by Gasteiger charge is 2.55. The lowest BCUT2D eigenvalue weighted by Crippen LogP contribution is -2.65. The molecule has 0 saturated heterocycles. The highest BCUT2D eigenvalue weighted by atomic mass is 16.2. The second-order valence-electron chi connectivity index (χ2n) is 8.28. The predicted molar refractivity (Wildman–Crippen MR) is 104 cm³/mol. The molecule has 0 bridgehead atoms. The molecule has 4 nitrogen and oxygen atoms in total. The summed E-state index contributed by atoms with van der Waals surface area (Å²) in [6.45, 7) is 8.24. The zero-order valence-electron chi connectivity index (χ0n) is 16.5. The molecule has 2 aliphatic rings. The molecule has 1 aliphatic heterocycles. The van der Waals surface area contributed by atoms with E-state index >= 15 is 0 Å². The number of rotatable bonds is 4. The predicted octanol–water partition coefficient (Wildman–Crippen LogP) is 4.25. The van der Waals surface area contributed by atoms with Gasteiger partial charge >= 0.3 is 0 Å². The molecule has 1 aliphatic carbocycles. The van der Waals surface area contributed by atoms with Crippen LogP contribution in [0.25, 0.3) is 0 Å². The molecule has 1 spiro atoms. The number of nitrogens with zero attached hydrogens (tertiary/aromatic N) is 1. The summed E-state index contributed by atoms with van der Waals surface area (Å²) in [4.78, 5) is 28.9. The number of carbonyl (C=O) groups is 2. The summed E-state index contributed by atoms with van der Waals surface area (Å²) in [6.07, 6.45) is 6.06. The molecule has 0 unspecified atom stereocenters. The number of amides is 2. The minimum absolute atomic E-state index is 0.0650. The molecule has 4 heteroatoms. The van der Waals surface area contributed by atoms with Crippen molar-refractivity contribution in [1.29, 1.82) is 0 Å². The van der Waals surface area contributed by atoms with Crippen LogP contribution in [0.1, 0.15) is 88.1 Å². The van der Waals surface area contributed by atoms with Crippen molar-refractivity contribution in [2.45, 2.75) is 89.8 Å². The number of benzene rings is 1. The molecule has 1 fully saturated rings. The second-order valence-corrected chi connectivity index (χ2v) is 8.28. The zero-order valence-corrected chi connectivity index (χ0v) is 16.5. The summed E-state index contributed by atoms with van der Waals surface area (Å²) in [5.41, 5.74) is 1.22. The fourth-order valence-electron chi connectivity index (χ4n) is 4.97. The van der Waals surface area contributed by atoms with E-state index in [1.54, 1.807) is 0 Å². The van der Waals surface area contributed by atoms with Crippen LogP contribution in [0.4, 0.5) is 0 Å². The molecule has 2 atom stereocenters. The average molecular weight is 357 g/mol. The number of nitrogens with one attached hydrogen (secondary N) is 1. The summed E-state index contributed by atoms with van der Waals surface area (Å²) >= 11 is 0. The van der Waals surface area contributed by atoms with E-state index in [1.807, 2.05) is 38.1 Å². The van der Waals surface area contributed by atoms with Crippen LogP contribution in [0.5, 0.6) is 0 Å². The van der Waals surface area contributed by atoms with Gasteiger partial charge in [0.05, 0.1) is 11.5 Å². The van der Waals surface area contributed by atoms with E-state index in [0.29, 0.717) is 5.56 Å². The van der Waals surface area contributed by atoms with Crippen molar-refractivity contribution in [2.24, 2.45) is 0 Å². The topological polar surface area (TPSA) is 49.4 Å². The van der Waals surface area contributed by atoms with Crippen LogP contribution < -0.4 is 5.32 Å². The van der Waals surface area contributed by atoms with Gasteiger partial charge in [-0.25, -0.2) is 0 Å². The van der Waals surface area contributed by atoms with E-state index in [1.165, 1.54) is 6.42 Å². The molecule has 0 aromatic heterocycles. The Hall–Kier alpha value is -1.84. The molecule has 1 heterocycles. The molecular formula is C22H32N2O2. The van der Waals surface area contributed by atoms with Gasteiger partial charge in [-0.05, 0) is 51.7 Å². The Balaban J connectivity index is 2.19. The van der Waals surface area contributed by atoms with Crippen LogP contribution in [0.2, 0.25) is 0 Å². The number of hydrogen-bond acceptors (Lipinski definition) is 2. The molecule has 142 valence electrons. The van der Waals surface area contributed by atoms with Gasteiger partial charge in [0, 0.05) is 17.6 Å². The standard InChI is InChI=1S/C22H32N2O2/c1-5-16(4)24-21(26)18-12-8-7-11-17(18)19(20(25)23-15(2)3)22(24)13-9-6-10-14-22/h7-8,11-12,15-16,19H,5-6,9-10,13-14H2,1-4H3,(H,23,25)/t16-,19+/m1/s1. The minimum Gasteiger partial charge on any atom is -0.353 e. The lowest BCUT2D eigenvalue weighted by molar-refractivity contribution is -0.128. The van der Waals surface area contributed by atoms with Crippen LogP contribution in [0, 0.1) is 0 Å². The Morgan fingerprint density at radius 3 is 2.46 bits per heavy atom. The number of fused-ring (bicyclic) bond motifs is 1. The second kappa shape index (κ2) is 7.42. The highest BCUT2D eigenvalue weighted by molar-refractivity contribution is 6.02. The van der Waals surface area contributed by atoms with Crippen molar-refractivity contribution in [2.75, 3.05) is 0 Å². The molecule has 26 heavy (non-hydrogen) atoms. The minimum atomic E-state index is -0.391. The zero-order chi connectivity index (χ0) is 18.9. The monoisotopic (exact) mass is 356 g/mol. The van der Waals surface area contributed by atoms with E-state index in [2.05, 4.69) is 24.1 Å². The molecule has 0 radical (unpaired) electrons.